The molecule has 3 heteroatoms. The molecule has 1 spiro atoms. The lowest BCUT2D eigenvalue weighted by atomic mass is 9.78. The molecule has 1 heterocycles. The van der Waals surface area contributed by atoms with Crippen molar-refractivity contribution in [1.82, 2.24) is 10.2 Å². The third-order valence-electron chi connectivity index (χ3n) is 5.27. The van der Waals surface area contributed by atoms with Gasteiger partial charge in [0.25, 0.3) is 0 Å². The van der Waals surface area contributed by atoms with Gasteiger partial charge in [-0.2, -0.15) is 0 Å². The van der Waals surface area contributed by atoms with Crippen LogP contribution in [0.2, 0.25) is 0 Å². The van der Waals surface area contributed by atoms with Gasteiger partial charge < -0.3 is 10.1 Å². The number of hydrogen-bond acceptors (Lipinski definition) is 3. The normalized spacial score (nSPS) is 28.7. The fraction of sp³-hybridized carbons (Fsp3) is 1.00. The summed E-state index contributed by atoms with van der Waals surface area (Å²) in [6.07, 6.45) is 8.10. The van der Waals surface area contributed by atoms with E-state index in [0.717, 1.165) is 6.42 Å². The minimum absolute atomic E-state index is 0.00394. The first-order valence-electron chi connectivity index (χ1n) is 8.01. The third kappa shape index (κ3) is 3.71. The second-order valence-electron chi connectivity index (χ2n) is 7.23. The van der Waals surface area contributed by atoms with Gasteiger partial charge >= 0.3 is 0 Å². The number of nitrogens with zero attached hydrogens (tertiary/aromatic N) is 1. The van der Waals surface area contributed by atoms with E-state index in [9.17, 15) is 0 Å². The van der Waals surface area contributed by atoms with Crippen molar-refractivity contribution < 1.29 is 4.74 Å². The quantitative estimate of drug-likeness (QED) is 0.848. The Morgan fingerprint density at radius 1 is 1.26 bits per heavy atom. The maximum absolute atomic E-state index is 5.59. The summed E-state index contributed by atoms with van der Waals surface area (Å²) >= 11 is 0. The number of rotatable bonds is 4. The zero-order chi connectivity index (χ0) is 13.9. The van der Waals surface area contributed by atoms with Crippen LogP contribution in [0.5, 0.6) is 0 Å². The molecule has 0 amide bonds. The highest BCUT2D eigenvalue weighted by Crippen LogP contribution is 2.36. The summed E-state index contributed by atoms with van der Waals surface area (Å²) in [5.74, 6) is 0. The van der Waals surface area contributed by atoms with E-state index in [1.807, 2.05) is 7.11 Å². The molecule has 112 valence electrons. The first-order valence-corrected chi connectivity index (χ1v) is 8.01. The van der Waals surface area contributed by atoms with Gasteiger partial charge in [-0.05, 0) is 40.0 Å². The summed E-state index contributed by atoms with van der Waals surface area (Å²) < 4.78 is 5.59. The summed E-state index contributed by atoms with van der Waals surface area (Å²) in [6, 6.07) is 0.623. The molecule has 3 nitrogen and oxygen atoms in total. The van der Waals surface area contributed by atoms with Gasteiger partial charge in [-0.15, -0.1) is 0 Å². The van der Waals surface area contributed by atoms with Gasteiger partial charge in [0.1, 0.15) is 0 Å². The van der Waals surface area contributed by atoms with Crippen LogP contribution in [0, 0.1) is 0 Å². The van der Waals surface area contributed by atoms with Gasteiger partial charge in [-0.1, -0.05) is 19.3 Å². The molecule has 1 aliphatic heterocycles. The highest BCUT2D eigenvalue weighted by atomic mass is 16.5. The van der Waals surface area contributed by atoms with Crippen molar-refractivity contribution in [2.45, 2.75) is 76.5 Å². The van der Waals surface area contributed by atoms with Crippen molar-refractivity contribution in [3.63, 3.8) is 0 Å². The Morgan fingerprint density at radius 3 is 2.58 bits per heavy atom. The molecule has 1 atom stereocenters. The molecular weight excluding hydrogens is 236 g/mol. The number of nitrogens with one attached hydrogen (secondary N) is 1. The van der Waals surface area contributed by atoms with E-state index in [2.05, 4.69) is 31.0 Å². The third-order valence-corrected chi connectivity index (χ3v) is 5.27. The van der Waals surface area contributed by atoms with Crippen LogP contribution in [0.3, 0.4) is 0 Å². The fourth-order valence-corrected chi connectivity index (χ4v) is 3.60. The van der Waals surface area contributed by atoms with Crippen LogP contribution >= 0.6 is 0 Å². The van der Waals surface area contributed by atoms with E-state index in [0.29, 0.717) is 11.6 Å². The molecule has 19 heavy (non-hydrogen) atoms. The lowest BCUT2D eigenvalue weighted by molar-refractivity contribution is -0.0281. The molecule has 2 fully saturated rings. The van der Waals surface area contributed by atoms with Gasteiger partial charge in [-0.3, -0.25) is 4.90 Å². The molecule has 2 rings (SSSR count). The van der Waals surface area contributed by atoms with Crippen LogP contribution in [0.4, 0.5) is 0 Å². The number of hydrogen-bond donors (Lipinski definition) is 1. The van der Waals surface area contributed by atoms with Gasteiger partial charge in [0.2, 0.25) is 0 Å². The van der Waals surface area contributed by atoms with Gasteiger partial charge in [-0.25, -0.2) is 0 Å². The molecular formula is C16H32N2O. The van der Waals surface area contributed by atoms with Crippen molar-refractivity contribution in [2.75, 3.05) is 26.7 Å². The smallest absolute Gasteiger partial charge is 0.0634 e. The molecule has 1 aliphatic carbocycles. The molecule has 1 N–H and O–H groups in total. The monoisotopic (exact) mass is 268 g/mol. The van der Waals surface area contributed by atoms with E-state index in [4.69, 9.17) is 4.74 Å². The molecule has 0 aromatic rings. The van der Waals surface area contributed by atoms with Crippen molar-refractivity contribution in [3.05, 3.63) is 0 Å². The predicted molar refractivity (Wildman–Crippen MR) is 80.6 cm³/mol. The SMILES string of the molecule is COC(C)(C)CCN1CC(C)NCC12CCCCC2. The summed E-state index contributed by atoms with van der Waals surface area (Å²) in [4.78, 5) is 2.77. The van der Waals surface area contributed by atoms with E-state index >= 15 is 0 Å². The molecule has 0 aromatic heterocycles. The van der Waals surface area contributed by atoms with Gasteiger partial charge in [0, 0.05) is 38.3 Å². The standard InChI is InChI=1S/C16H32N2O/c1-14-12-18(11-10-15(2,3)19-4)16(13-17-14)8-6-5-7-9-16/h14,17H,5-13H2,1-4H3. The lowest BCUT2D eigenvalue weighted by Crippen LogP contribution is -2.65. The van der Waals surface area contributed by atoms with Crippen LogP contribution in [0.25, 0.3) is 0 Å². The summed E-state index contributed by atoms with van der Waals surface area (Å²) in [7, 11) is 1.83. The minimum Gasteiger partial charge on any atom is -0.379 e. The molecule has 1 saturated heterocycles. The summed E-state index contributed by atoms with van der Waals surface area (Å²) in [5.41, 5.74) is 0.443. The van der Waals surface area contributed by atoms with Crippen molar-refractivity contribution in [2.24, 2.45) is 0 Å². The zero-order valence-corrected chi connectivity index (χ0v) is 13.3. The predicted octanol–water partition coefficient (Wildman–Crippen LogP) is 2.80. The van der Waals surface area contributed by atoms with Crippen molar-refractivity contribution in [1.29, 1.82) is 0 Å². The van der Waals surface area contributed by atoms with Crippen LogP contribution < -0.4 is 5.32 Å². The summed E-state index contributed by atoms with van der Waals surface area (Å²) in [5, 5.41) is 3.71. The van der Waals surface area contributed by atoms with Crippen molar-refractivity contribution >= 4 is 0 Å². The van der Waals surface area contributed by atoms with E-state index in [1.165, 1.54) is 51.7 Å². The number of ether oxygens (including phenoxy) is 1. The Kier molecular flexibility index (Phi) is 4.91. The fourth-order valence-electron chi connectivity index (χ4n) is 3.60. The minimum atomic E-state index is 0.00394. The van der Waals surface area contributed by atoms with Gasteiger partial charge in [0.15, 0.2) is 0 Å². The summed E-state index contributed by atoms with van der Waals surface area (Å²) in [6.45, 7) is 10.3. The maximum Gasteiger partial charge on any atom is 0.0634 e. The van der Waals surface area contributed by atoms with E-state index in [-0.39, 0.29) is 5.60 Å². The number of piperazine rings is 1. The van der Waals surface area contributed by atoms with Crippen LogP contribution in [0.1, 0.15) is 59.3 Å². The van der Waals surface area contributed by atoms with E-state index < -0.39 is 0 Å². The molecule has 1 saturated carbocycles. The Labute approximate surface area is 119 Å². The Bertz CT molecular complexity index is 284. The molecule has 0 bridgehead atoms. The molecule has 0 radical (unpaired) electrons. The topological polar surface area (TPSA) is 24.5 Å². The average molecular weight is 268 g/mol. The van der Waals surface area contributed by atoms with Gasteiger partial charge in [0.05, 0.1) is 5.60 Å². The van der Waals surface area contributed by atoms with Crippen LogP contribution in [-0.4, -0.2) is 48.8 Å². The second kappa shape index (κ2) is 6.11. The highest BCUT2D eigenvalue weighted by molar-refractivity contribution is 5.00. The molecule has 2 aliphatic rings. The second-order valence-corrected chi connectivity index (χ2v) is 7.23. The lowest BCUT2D eigenvalue weighted by Gasteiger charge is -2.52. The van der Waals surface area contributed by atoms with Crippen LogP contribution in [0.15, 0.2) is 0 Å². The average Bonchev–Trinajstić information content (AvgIpc) is 2.41. The zero-order valence-electron chi connectivity index (χ0n) is 13.3. The molecule has 0 aromatic carbocycles. The Balaban J connectivity index is 2.00. The Hall–Kier alpha value is -0.120. The van der Waals surface area contributed by atoms with Crippen LogP contribution in [-0.2, 0) is 4.74 Å². The first kappa shape index (κ1) is 15.3. The maximum atomic E-state index is 5.59. The first-order chi connectivity index (χ1) is 8.97. The van der Waals surface area contributed by atoms with E-state index in [1.54, 1.807) is 0 Å². The molecule has 1 unspecified atom stereocenters. The largest absolute Gasteiger partial charge is 0.379 e. The number of methoxy groups -OCH3 is 1. The highest BCUT2D eigenvalue weighted by Gasteiger charge is 2.41. The van der Waals surface area contributed by atoms with Crippen molar-refractivity contribution in [3.8, 4) is 0 Å². The Morgan fingerprint density at radius 2 is 1.95 bits per heavy atom.